The second-order valence-corrected chi connectivity index (χ2v) is 5.47. The lowest BCUT2D eigenvalue weighted by molar-refractivity contribution is 0.102. The summed E-state index contributed by atoms with van der Waals surface area (Å²) in [6.07, 6.45) is 5.17. The Labute approximate surface area is 118 Å². The average molecular weight is 269 g/mol. The number of aromatic nitrogens is 2. The second kappa shape index (κ2) is 5.12. The predicted molar refractivity (Wildman–Crippen MR) is 79.0 cm³/mol. The molecule has 0 fully saturated rings. The minimum atomic E-state index is -0.126. The molecule has 1 aromatic carbocycles. The summed E-state index contributed by atoms with van der Waals surface area (Å²) in [5, 5.41) is 2.95. The van der Waals surface area contributed by atoms with Crippen LogP contribution in [0, 0.1) is 13.8 Å². The van der Waals surface area contributed by atoms with Crippen LogP contribution in [0.5, 0.6) is 0 Å². The van der Waals surface area contributed by atoms with Gasteiger partial charge in [0.15, 0.2) is 0 Å². The van der Waals surface area contributed by atoms with E-state index in [4.69, 9.17) is 0 Å². The maximum Gasteiger partial charge on any atom is 0.275 e. The van der Waals surface area contributed by atoms with E-state index in [1.165, 1.54) is 12.0 Å². The van der Waals surface area contributed by atoms with Crippen LogP contribution in [0.25, 0.3) is 0 Å². The molecule has 1 aliphatic heterocycles. The van der Waals surface area contributed by atoms with Crippen LogP contribution >= 0.6 is 0 Å². The lowest BCUT2D eigenvalue weighted by Gasteiger charge is -2.11. The zero-order valence-corrected chi connectivity index (χ0v) is 11.9. The number of carbonyl (C=O) groups excluding carboxylic acids is 1. The summed E-state index contributed by atoms with van der Waals surface area (Å²) < 4.78 is 2.10. The summed E-state index contributed by atoms with van der Waals surface area (Å²) in [4.78, 5) is 16.7. The third-order valence-corrected chi connectivity index (χ3v) is 3.77. The first-order chi connectivity index (χ1) is 9.63. The van der Waals surface area contributed by atoms with E-state index in [9.17, 15) is 4.79 Å². The van der Waals surface area contributed by atoms with Crippen LogP contribution in [0.3, 0.4) is 0 Å². The van der Waals surface area contributed by atoms with Crippen molar-refractivity contribution in [3.63, 3.8) is 0 Å². The highest BCUT2D eigenvalue weighted by atomic mass is 16.1. The lowest BCUT2D eigenvalue weighted by Crippen LogP contribution is -2.13. The van der Waals surface area contributed by atoms with Crippen LogP contribution in [-0.2, 0) is 13.0 Å². The number of nitrogens with one attached hydrogen (secondary N) is 1. The summed E-state index contributed by atoms with van der Waals surface area (Å²) >= 11 is 0. The Morgan fingerprint density at radius 3 is 2.90 bits per heavy atom. The third kappa shape index (κ3) is 2.46. The number of imidazole rings is 1. The molecular weight excluding hydrogens is 250 g/mol. The van der Waals surface area contributed by atoms with Crippen molar-refractivity contribution in [1.29, 1.82) is 0 Å². The standard InChI is InChI=1S/C16H19N3O/c1-11-6-7-13(12(2)9-11)18-16(20)14-10-19-8-4-3-5-15(19)17-14/h6-7,9-10H,3-5,8H2,1-2H3,(H,18,20). The van der Waals surface area contributed by atoms with Crippen LogP contribution in [0.1, 0.15) is 40.3 Å². The first kappa shape index (κ1) is 12.9. The molecule has 1 aliphatic rings. The third-order valence-electron chi connectivity index (χ3n) is 3.77. The van der Waals surface area contributed by atoms with Gasteiger partial charge in [-0.15, -0.1) is 0 Å². The highest BCUT2D eigenvalue weighted by molar-refractivity contribution is 6.03. The number of fused-ring (bicyclic) bond motifs is 1. The SMILES string of the molecule is Cc1ccc(NC(=O)c2cn3c(n2)CCCC3)c(C)c1. The minimum absolute atomic E-state index is 0.126. The molecule has 0 saturated carbocycles. The fraction of sp³-hybridized carbons (Fsp3) is 0.375. The number of nitrogens with zero attached hydrogens (tertiary/aromatic N) is 2. The number of anilines is 1. The van der Waals surface area contributed by atoms with Crippen molar-refractivity contribution >= 4 is 11.6 Å². The molecule has 20 heavy (non-hydrogen) atoms. The van der Waals surface area contributed by atoms with Gasteiger partial charge in [0.2, 0.25) is 0 Å². The van der Waals surface area contributed by atoms with Crippen LogP contribution in [0.4, 0.5) is 5.69 Å². The van der Waals surface area contributed by atoms with Crippen molar-refractivity contribution in [2.24, 2.45) is 0 Å². The average Bonchev–Trinajstić information content (AvgIpc) is 2.86. The molecule has 1 amide bonds. The van der Waals surface area contributed by atoms with E-state index in [0.717, 1.165) is 36.5 Å². The molecule has 1 N–H and O–H groups in total. The van der Waals surface area contributed by atoms with Gasteiger partial charge in [0.25, 0.3) is 5.91 Å². The van der Waals surface area contributed by atoms with Gasteiger partial charge in [-0.3, -0.25) is 4.79 Å². The Kier molecular flexibility index (Phi) is 3.30. The van der Waals surface area contributed by atoms with Gasteiger partial charge >= 0.3 is 0 Å². The van der Waals surface area contributed by atoms with Crippen molar-refractivity contribution in [1.82, 2.24) is 9.55 Å². The molecule has 1 aromatic heterocycles. The number of amides is 1. The summed E-state index contributed by atoms with van der Waals surface area (Å²) in [6, 6.07) is 6.01. The van der Waals surface area contributed by atoms with E-state index in [-0.39, 0.29) is 5.91 Å². The number of hydrogen-bond acceptors (Lipinski definition) is 2. The Morgan fingerprint density at radius 2 is 2.15 bits per heavy atom. The molecule has 2 aromatic rings. The van der Waals surface area contributed by atoms with Crippen LogP contribution < -0.4 is 5.32 Å². The van der Waals surface area contributed by atoms with Crippen molar-refractivity contribution in [2.75, 3.05) is 5.32 Å². The molecule has 0 atom stereocenters. The molecule has 0 spiro atoms. The molecule has 0 radical (unpaired) electrons. The van der Waals surface area contributed by atoms with Gasteiger partial charge in [-0.2, -0.15) is 0 Å². The Bertz CT molecular complexity index is 634. The van der Waals surface area contributed by atoms with Gasteiger partial charge in [0, 0.05) is 24.8 Å². The molecule has 2 heterocycles. The monoisotopic (exact) mass is 269 g/mol. The molecular formula is C16H19N3O. The number of benzene rings is 1. The molecule has 3 rings (SSSR count). The smallest absolute Gasteiger partial charge is 0.275 e. The van der Waals surface area contributed by atoms with Crippen LogP contribution in [0.15, 0.2) is 24.4 Å². The van der Waals surface area contributed by atoms with Crippen LogP contribution in [0.2, 0.25) is 0 Å². The highest BCUT2D eigenvalue weighted by Crippen LogP contribution is 2.18. The summed E-state index contributed by atoms with van der Waals surface area (Å²) in [7, 11) is 0. The number of aryl methyl sites for hydroxylation is 4. The van der Waals surface area contributed by atoms with Crippen molar-refractivity contribution in [3.8, 4) is 0 Å². The first-order valence-electron chi connectivity index (χ1n) is 7.08. The summed E-state index contributed by atoms with van der Waals surface area (Å²) in [5.41, 5.74) is 3.63. The molecule has 0 bridgehead atoms. The van der Waals surface area contributed by atoms with E-state index >= 15 is 0 Å². The molecule has 0 saturated heterocycles. The van der Waals surface area contributed by atoms with Crippen molar-refractivity contribution in [2.45, 2.75) is 39.7 Å². The normalized spacial score (nSPS) is 13.9. The molecule has 104 valence electrons. The minimum Gasteiger partial charge on any atom is -0.334 e. The molecule has 4 nitrogen and oxygen atoms in total. The van der Waals surface area contributed by atoms with Gasteiger partial charge in [0.1, 0.15) is 11.5 Å². The quantitative estimate of drug-likeness (QED) is 0.910. The van der Waals surface area contributed by atoms with Gasteiger partial charge in [-0.1, -0.05) is 17.7 Å². The van der Waals surface area contributed by atoms with Crippen LogP contribution in [-0.4, -0.2) is 15.5 Å². The fourth-order valence-corrected chi connectivity index (χ4v) is 2.66. The van der Waals surface area contributed by atoms with E-state index in [2.05, 4.69) is 20.9 Å². The molecule has 0 unspecified atom stereocenters. The largest absolute Gasteiger partial charge is 0.334 e. The zero-order valence-electron chi connectivity index (χ0n) is 11.9. The number of carbonyl (C=O) groups is 1. The molecule has 0 aliphatic carbocycles. The maximum absolute atomic E-state index is 12.3. The van der Waals surface area contributed by atoms with Gasteiger partial charge in [-0.25, -0.2) is 4.98 Å². The Morgan fingerprint density at radius 1 is 1.30 bits per heavy atom. The zero-order chi connectivity index (χ0) is 14.1. The van der Waals surface area contributed by atoms with Crippen molar-refractivity contribution in [3.05, 3.63) is 47.0 Å². The topological polar surface area (TPSA) is 46.9 Å². The van der Waals surface area contributed by atoms with Gasteiger partial charge < -0.3 is 9.88 Å². The first-order valence-corrected chi connectivity index (χ1v) is 7.08. The molecule has 4 heteroatoms. The fourth-order valence-electron chi connectivity index (χ4n) is 2.66. The lowest BCUT2D eigenvalue weighted by atomic mass is 10.1. The van der Waals surface area contributed by atoms with Gasteiger partial charge in [-0.05, 0) is 38.3 Å². The number of rotatable bonds is 2. The second-order valence-electron chi connectivity index (χ2n) is 5.47. The highest BCUT2D eigenvalue weighted by Gasteiger charge is 2.17. The Balaban J connectivity index is 1.80. The number of hydrogen-bond donors (Lipinski definition) is 1. The summed E-state index contributed by atoms with van der Waals surface area (Å²) in [6.45, 7) is 5.02. The van der Waals surface area contributed by atoms with Gasteiger partial charge in [0.05, 0.1) is 0 Å². The predicted octanol–water partition coefficient (Wildman–Crippen LogP) is 3.09. The summed E-state index contributed by atoms with van der Waals surface area (Å²) in [5.74, 6) is 0.904. The maximum atomic E-state index is 12.3. The van der Waals surface area contributed by atoms with E-state index in [0.29, 0.717) is 5.69 Å². The van der Waals surface area contributed by atoms with Crippen molar-refractivity contribution < 1.29 is 4.79 Å². The van der Waals surface area contributed by atoms with E-state index in [1.807, 2.05) is 32.2 Å². The van der Waals surface area contributed by atoms with E-state index in [1.54, 1.807) is 0 Å². The van der Waals surface area contributed by atoms with E-state index < -0.39 is 0 Å². The Hall–Kier alpha value is -2.10.